The Morgan fingerprint density at radius 3 is 2.07 bits per heavy atom. The van der Waals surface area contributed by atoms with Gasteiger partial charge in [0, 0.05) is 30.6 Å². The van der Waals surface area contributed by atoms with Gasteiger partial charge in [0.15, 0.2) is 25.8 Å². The lowest BCUT2D eigenvalue weighted by Gasteiger charge is -2.69. The van der Waals surface area contributed by atoms with Crippen molar-refractivity contribution in [1.82, 2.24) is 5.32 Å². The summed E-state index contributed by atoms with van der Waals surface area (Å²) < 4.78 is 59.7. The molecule has 2 aromatic rings. The minimum Gasteiger partial charge on any atom is -0.456 e. The molecule has 4 N–H and O–H groups in total. The van der Waals surface area contributed by atoms with Crippen LogP contribution >= 0.6 is 0 Å². The van der Waals surface area contributed by atoms with Crippen LogP contribution in [0, 0.1) is 16.7 Å². The lowest BCUT2D eigenvalue weighted by atomic mass is 9.44. The average molecular weight is 1040 g/mol. The average Bonchev–Trinajstić information content (AvgIpc) is 3.61. The summed E-state index contributed by atoms with van der Waals surface area (Å²) >= 11 is 0. The molecular formula is C55H79NO16Si. The lowest BCUT2D eigenvalue weighted by Crippen LogP contribution is -2.82. The predicted octanol–water partition coefficient (Wildman–Crippen LogP) is 7.26. The second-order valence-corrected chi connectivity index (χ2v) is 29.1. The molecule has 0 radical (unpaired) electrons. The maximum atomic E-state index is 15.6. The zero-order chi connectivity index (χ0) is 54.1. The highest BCUT2D eigenvalue weighted by molar-refractivity contribution is 6.74. The van der Waals surface area contributed by atoms with Crippen molar-refractivity contribution >= 4 is 32.3 Å². The SMILES string of the molecule is CC(=O)OC12COC1CC(OCC(O)CO)[C@@]1(C)C3OC(C)(C)OC3C3=C(C)C(OC(=O)C(O[Si](C)(C)C(C)(C)C)C(NC(=O)OC(C)(C)C)c4ccccc4)CC(O)(C(OC(=O)c4ccccc4)C21)C3(C)C. The highest BCUT2D eigenvalue weighted by Crippen LogP contribution is 2.68. The molecule has 2 aliphatic heterocycles. The number of carbonyl (C=O) groups is 4. The number of hydrogen-bond donors (Lipinski definition) is 4. The van der Waals surface area contributed by atoms with Crippen molar-refractivity contribution in [3.63, 3.8) is 0 Å². The van der Waals surface area contributed by atoms with E-state index in [9.17, 15) is 29.7 Å². The van der Waals surface area contributed by atoms with Crippen LogP contribution in [0.5, 0.6) is 0 Å². The van der Waals surface area contributed by atoms with E-state index in [4.69, 9.17) is 42.3 Å². The van der Waals surface area contributed by atoms with E-state index in [1.807, 2.05) is 67.6 Å². The Balaban J connectivity index is 1.47. The highest BCUT2D eigenvalue weighted by atomic mass is 28.4. The van der Waals surface area contributed by atoms with Gasteiger partial charge in [0.1, 0.15) is 41.7 Å². The Hall–Kier alpha value is -4.24. The van der Waals surface area contributed by atoms with E-state index >= 15 is 4.79 Å². The maximum Gasteiger partial charge on any atom is 0.408 e. The van der Waals surface area contributed by atoms with Gasteiger partial charge in [-0.3, -0.25) is 4.79 Å². The summed E-state index contributed by atoms with van der Waals surface area (Å²) in [4.78, 5) is 57.7. The van der Waals surface area contributed by atoms with Crippen molar-refractivity contribution < 1.29 is 76.8 Å². The monoisotopic (exact) mass is 1040 g/mol. The zero-order valence-electron chi connectivity index (χ0n) is 45.2. The van der Waals surface area contributed by atoms with Crippen molar-refractivity contribution in [2.24, 2.45) is 16.7 Å². The van der Waals surface area contributed by atoms with Crippen LogP contribution in [0.1, 0.15) is 125 Å². The van der Waals surface area contributed by atoms with Crippen molar-refractivity contribution in [1.29, 1.82) is 0 Å². The molecule has 2 saturated heterocycles. The minimum atomic E-state index is -2.90. The molecule has 2 bridgehead atoms. The molecule has 2 heterocycles. The first-order chi connectivity index (χ1) is 33.7. The molecule has 12 unspecified atom stereocenters. The van der Waals surface area contributed by atoms with Gasteiger partial charge < -0.3 is 63.0 Å². The van der Waals surface area contributed by atoms with Crippen molar-refractivity contribution in [3.05, 3.63) is 82.9 Å². The summed E-state index contributed by atoms with van der Waals surface area (Å²) in [5.74, 6) is -4.81. The van der Waals surface area contributed by atoms with Crippen LogP contribution in [-0.2, 0) is 51.9 Å². The van der Waals surface area contributed by atoms with E-state index in [1.54, 1.807) is 89.2 Å². The Morgan fingerprint density at radius 1 is 0.904 bits per heavy atom. The van der Waals surface area contributed by atoms with Gasteiger partial charge in [-0.2, -0.15) is 0 Å². The number of amides is 1. The second kappa shape index (κ2) is 20.0. The van der Waals surface area contributed by atoms with Gasteiger partial charge in [0.2, 0.25) is 0 Å². The van der Waals surface area contributed by atoms with Gasteiger partial charge >= 0.3 is 24.0 Å². The molecule has 4 fully saturated rings. The summed E-state index contributed by atoms with van der Waals surface area (Å²) in [6, 6.07) is 16.1. The van der Waals surface area contributed by atoms with Gasteiger partial charge in [-0.15, -0.1) is 0 Å². The lowest BCUT2D eigenvalue weighted by molar-refractivity contribution is -0.366. The smallest absolute Gasteiger partial charge is 0.408 e. The molecule has 18 heteroatoms. The summed E-state index contributed by atoms with van der Waals surface area (Å²) in [6.45, 7) is 26.3. The normalized spacial score (nSPS) is 32.7. The topological polar surface area (TPSA) is 224 Å². The van der Waals surface area contributed by atoms with Crippen LogP contribution in [0.2, 0.25) is 18.1 Å². The third-order valence-electron chi connectivity index (χ3n) is 16.4. The van der Waals surface area contributed by atoms with E-state index in [0.29, 0.717) is 16.7 Å². The molecule has 404 valence electrons. The highest BCUT2D eigenvalue weighted by Gasteiger charge is 2.79. The molecule has 3 aliphatic carbocycles. The van der Waals surface area contributed by atoms with E-state index < -0.39 is 138 Å². The Kier molecular flexibility index (Phi) is 15.5. The summed E-state index contributed by atoms with van der Waals surface area (Å²) in [6.07, 6.45) is -10.4. The predicted molar refractivity (Wildman–Crippen MR) is 269 cm³/mol. The minimum absolute atomic E-state index is 0.112. The maximum absolute atomic E-state index is 15.6. The number of nitrogens with one attached hydrogen (secondary N) is 1. The zero-order valence-corrected chi connectivity index (χ0v) is 46.2. The number of carbonyl (C=O) groups excluding carboxylic acids is 4. The Labute approximate surface area is 431 Å². The molecule has 2 aromatic carbocycles. The summed E-state index contributed by atoms with van der Waals surface area (Å²) in [5.41, 5.74) is -5.71. The van der Waals surface area contributed by atoms with Crippen molar-refractivity contribution in [2.45, 2.75) is 198 Å². The number of rotatable bonds is 14. The molecule has 2 saturated carbocycles. The molecular weight excluding hydrogens is 959 g/mol. The number of esters is 3. The number of aliphatic hydroxyl groups is 3. The number of fused-ring (bicyclic) bond motifs is 8. The van der Waals surface area contributed by atoms with Gasteiger partial charge in [-0.25, -0.2) is 14.4 Å². The first-order valence-corrected chi connectivity index (χ1v) is 28.3. The number of ether oxygens (including phenoxy) is 8. The number of alkyl carbamates (subject to hydrolysis) is 1. The second-order valence-electron chi connectivity index (χ2n) is 24.4. The van der Waals surface area contributed by atoms with E-state index in [0.717, 1.165) is 0 Å². The van der Waals surface area contributed by atoms with Gasteiger partial charge in [-0.05, 0) is 88.5 Å². The Bertz CT molecular complexity index is 2400. The van der Waals surface area contributed by atoms with E-state index in [1.165, 1.54) is 6.92 Å². The van der Waals surface area contributed by atoms with Gasteiger partial charge in [0.25, 0.3) is 0 Å². The molecule has 0 spiro atoms. The summed E-state index contributed by atoms with van der Waals surface area (Å²) in [7, 11) is -2.90. The van der Waals surface area contributed by atoms with Crippen LogP contribution in [-0.4, -0.2) is 139 Å². The third-order valence-corrected chi connectivity index (χ3v) is 20.9. The fraction of sp³-hybridized carbons (Fsp3) is 0.673. The largest absolute Gasteiger partial charge is 0.456 e. The quantitative estimate of drug-likeness (QED) is 0.0633. The fourth-order valence-electron chi connectivity index (χ4n) is 11.8. The van der Waals surface area contributed by atoms with Crippen LogP contribution < -0.4 is 5.32 Å². The van der Waals surface area contributed by atoms with Crippen LogP contribution in [0.15, 0.2) is 71.8 Å². The van der Waals surface area contributed by atoms with Gasteiger partial charge in [-0.1, -0.05) is 90.1 Å². The first kappa shape index (κ1) is 56.5. The summed E-state index contributed by atoms with van der Waals surface area (Å²) in [5, 5.41) is 37.5. The van der Waals surface area contributed by atoms with Crippen LogP contribution in [0.3, 0.4) is 0 Å². The van der Waals surface area contributed by atoms with Crippen molar-refractivity contribution in [2.75, 3.05) is 19.8 Å². The molecule has 0 aromatic heterocycles. The van der Waals surface area contributed by atoms with Crippen LogP contribution in [0.4, 0.5) is 4.79 Å². The standard InChI is InChI=1S/C55H79NO16Si/c1-31-36(66-47(61)42(72-73(14,15)50(6,7)8)40(33-22-18-16-19-23-33)56-48(62)71-49(3,4)5)27-55(63)45(67-46(60)34-24-20-17-21-25-34)43-53(13,44-41(39(31)51(55,9)10)69-52(11,12)70-44)37(64-29-35(59)28-57)26-38-54(43,30-65-38)68-32(2)58/h16-25,35-38,40-45,57,59,63H,26-30H2,1-15H3,(H,56,62)/t35?,36?,37?,38?,40?,41?,42?,43?,44?,45?,53-,54?,55?/m1/s1. The number of aliphatic hydroxyl groups excluding tert-OH is 2. The van der Waals surface area contributed by atoms with Crippen LogP contribution in [0.25, 0.3) is 0 Å². The van der Waals surface area contributed by atoms with Crippen molar-refractivity contribution in [3.8, 4) is 0 Å². The first-order valence-electron chi connectivity index (χ1n) is 25.4. The van der Waals surface area contributed by atoms with E-state index in [-0.39, 0.29) is 31.6 Å². The molecule has 13 atom stereocenters. The van der Waals surface area contributed by atoms with E-state index in [2.05, 4.69) is 5.32 Å². The molecule has 73 heavy (non-hydrogen) atoms. The molecule has 17 nitrogen and oxygen atoms in total. The Morgan fingerprint density at radius 2 is 1.52 bits per heavy atom. The number of hydrogen-bond acceptors (Lipinski definition) is 16. The van der Waals surface area contributed by atoms with Gasteiger partial charge in [0.05, 0.1) is 49.6 Å². The molecule has 5 aliphatic rings. The fourth-order valence-corrected chi connectivity index (χ4v) is 13.0. The number of benzene rings is 2. The molecule has 7 rings (SSSR count). The molecule has 1 amide bonds. The third kappa shape index (κ3) is 10.5.